The van der Waals surface area contributed by atoms with Gasteiger partial charge in [-0.1, -0.05) is 66.2 Å². The van der Waals surface area contributed by atoms with Crippen molar-refractivity contribution in [2.75, 3.05) is 0 Å². The molecule has 0 bridgehead atoms. The van der Waals surface area contributed by atoms with Crippen LogP contribution in [-0.4, -0.2) is 31.6 Å². The summed E-state index contributed by atoms with van der Waals surface area (Å²) in [6.45, 7) is 7.78. The smallest absolute Gasteiger partial charge is 0.444 e. The summed E-state index contributed by atoms with van der Waals surface area (Å²) < 4.78 is 7.28. The van der Waals surface area contributed by atoms with Gasteiger partial charge < -0.3 is 14.3 Å². The maximum absolute atomic E-state index is 12.9. The molecule has 0 aliphatic rings. The number of carbonyl (C=O) groups excluding carboxylic acids is 1. The van der Waals surface area contributed by atoms with Crippen LogP contribution in [0.1, 0.15) is 33.3 Å². The van der Waals surface area contributed by atoms with Crippen LogP contribution < -0.4 is 18.9 Å². The first-order valence-corrected chi connectivity index (χ1v) is 8.54. The average Bonchev–Trinajstić information content (AvgIpc) is 3.02. The van der Waals surface area contributed by atoms with Crippen molar-refractivity contribution in [2.24, 2.45) is 0 Å². The molecule has 0 atom stereocenters. The van der Waals surface area contributed by atoms with Gasteiger partial charge >= 0.3 is 25.0 Å². The number of carbonyl (C=O) groups is 1. The molecule has 0 radical (unpaired) electrons. The van der Waals surface area contributed by atoms with Gasteiger partial charge in [0.05, 0.1) is 0 Å². The monoisotopic (exact) mass is 358 g/mol. The zero-order valence-electron chi connectivity index (χ0n) is 16.5. The summed E-state index contributed by atoms with van der Waals surface area (Å²) in [5.41, 5.74) is 2.03. The molecule has 3 rings (SSSR count). The third-order valence-corrected chi connectivity index (χ3v) is 3.85. The first-order chi connectivity index (χ1) is 12.3. The van der Waals surface area contributed by atoms with E-state index in [9.17, 15) is 4.79 Å². The molecule has 1 heterocycles. The minimum Gasteiger partial charge on any atom is -0.444 e. The van der Waals surface area contributed by atoms with Crippen LogP contribution in [0.3, 0.4) is 0 Å². The fourth-order valence-electron chi connectivity index (χ4n) is 2.62. The van der Waals surface area contributed by atoms with Crippen LogP contribution in [0.4, 0.5) is 4.79 Å². The second-order valence-electron chi connectivity index (χ2n) is 7.09. The minimum atomic E-state index is -0.587. The van der Waals surface area contributed by atoms with Gasteiger partial charge in [-0.25, -0.2) is 4.79 Å². The Bertz CT molecular complexity index is 890. The standard InChI is InChI=1S/C20H23N4O2.Li/c1-15(24-18-13-9-8-12-17(18)21-22-24)23(19(25)26-20(2,3)4)14-16-10-6-5-7-11-16;/h5-13H,14H2,1-4H3;/q-1;+1. The molecule has 0 aliphatic heterocycles. The molecular formula is C20H23LiN4O2. The van der Waals surface area contributed by atoms with E-state index < -0.39 is 11.7 Å². The van der Waals surface area contributed by atoms with Gasteiger partial charge in [-0.3, -0.25) is 0 Å². The van der Waals surface area contributed by atoms with Crippen LogP contribution in [-0.2, 0) is 11.3 Å². The summed E-state index contributed by atoms with van der Waals surface area (Å²) in [4.78, 5) is 14.4. The fraction of sp³-hybridized carbons (Fsp3) is 0.300. The van der Waals surface area contributed by atoms with Gasteiger partial charge in [-0.05, 0) is 32.5 Å². The number of aromatic nitrogens is 3. The summed E-state index contributed by atoms with van der Waals surface area (Å²) in [6, 6.07) is 17.4. The van der Waals surface area contributed by atoms with Crippen molar-refractivity contribution >= 4 is 17.1 Å². The van der Waals surface area contributed by atoms with Crippen molar-refractivity contribution in [1.29, 1.82) is 0 Å². The molecule has 0 N–H and O–H groups in total. The Morgan fingerprint density at radius 2 is 1.74 bits per heavy atom. The maximum Gasteiger partial charge on any atom is 1.00 e. The second kappa shape index (κ2) is 8.51. The molecule has 0 aliphatic carbocycles. The maximum atomic E-state index is 12.9. The number of amides is 1. The number of para-hydroxylation sites is 1. The van der Waals surface area contributed by atoms with E-state index in [1.165, 1.54) is 0 Å². The molecule has 0 saturated heterocycles. The SMILES string of the molecule is C[C-](N(Cc1ccccc1)C(=O)OC(C)(C)C)n1nnc2ccccc21.[Li+]. The molecule has 1 aromatic heterocycles. The van der Waals surface area contributed by atoms with E-state index in [1.54, 1.807) is 9.58 Å². The molecule has 7 heteroatoms. The number of ether oxygens (including phenoxy) is 1. The number of fused-ring (bicyclic) bond motifs is 1. The topological polar surface area (TPSA) is 60.2 Å². The van der Waals surface area contributed by atoms with Crippen LogP contribution in [0.5, 0.6) is 0 Å². The van der Waals surface area contributed by atoms with Gasteiger partial charge in [0, 0.05) is 12.1 Å². The summed E-state index contributed by atoms with van der Waals surface area (Å²) in [5, 5.41) is 8.39. The molecule has 3 aromatic rings. The van der Waals surface area contributed by atoms with Crippen molar-refractivity contribution in [3.05, 3.63) is 66.3 Å². The Labute approximate surface area is 171 Å². The molecule has 0 spiro atoms. The molecule has 27 heavy (non-hydrogen) atoms. The van der Waals surface area contributed by atoms with Gasteiger partial charge in [-0.2, -0.15) is 5.10 Å². The number of nitrogens with zero attached hydrogens (tertiary/aromatic N) is 4. The van der Waals surface area contributed by atoms with Crippen LogP contribution in [0, 0.1) is 6.17 Å². The van der Waals surface area contributed by atoms with Crippen LogP contribution in [0.25, 0.3) is 11.0 Å². The Morgan fingerprint density at radius 1 is 1.11 bits per heavy atom. The summed E-state index contributed by atoms with van der Waals surface area (Å²) in [5.74, 6) is 0. The largest absolute Gasteiger partial charge is 1.00 e. The Balaban J connectivity index is 0.00000261. The predicted octanol–water partition coefficient (Wildman–Crippen LogP) is 1.23. The fourth-order valence-corrected chi connectivity index (χ4v) is 2.62. The van der Waals surface area contributed by atoms with Gasteiger partial charge in [0.2, 0.25) is 0 Å². The normalized spacial score (nSPS) is 11.0. The van der Waals surface area contributed by atoms with E-state index in [2.05, 4.69) is 10.3 Å². The van der Waals surface area contributed by atoms with E-state index >= 15 is 0 Å². The average molecular weight is 358 g/mol. The third kappa shape index (κ3) is 5.06. The molecule has 6 nitrogen and oxygen atoms in total. The molecule has 0 fully saturated rings. The first kappa shape index (κ1) is 20.9. The van der Waals surface area contributed by atoms with Crippen molar-refractivity contribution < 1.29 is 28.4 Å². The zero-order chi connectivity index (χ0) is 18.7. The van der Waals surface area contributed by atoms with Gasteiger partial charge in [0.25, 0.3) is 0 Å². The van der Waals surface area contributed by atoms with Crippen LogP contribution >= 0.6 is 0 Å². The summed E-state index contributed by atoms with van der Waals surface area (Å²) in [6.07, 6.45) is 0.218. The van der Waals surface area contributed by atoms with Crippen molar-refractivity contribution in [3.63, 3.8) is 0 Å². The van der Waals surface area contributed by atoms with Crippen molar-refractivity contribution in [2.45, 2.75) is 39.8 Å². The molecular weight excluding hydrogens is 335 g/mol. The summed E-state index contributed by atoms with van der Waals surface area (Å²) in [7, 11) is 0. The minimum absolute atomic E-state index is 0. The van der Waals surface area contributed by atoms with E-state index in [1.807, 2.05) is 82.3 Å². The number of rotatable bonds is 4. The summed E-state index contributed by atoms with van der Waals surface area (Å²) >= 11 is 0. The van der Waals surface area contributed by atoms with E-state index in [0.29, 0.717) is 12.7 Å². The molecule has 0 saturated carbocycles. The Hall–Kier alpha value is -2.42. The van der Waals surface area contributed by atoms with Gasteiger partial charge in [-0.15, -0.1) is 6.07 Å². The van der Waals surface area contributed by atoms with E-state index in [4.69, 9.17) is 4.74 Å². The molecule has 2 aromatic carbocycles. The second-order valence-corrected chi connectivity index (χ2v) is 7.09. The molecule has 136 valence electrons. The van der Waals surface area contributed by atoms with E-state index in [0.717, 1.165) is 16.6 Å². The quantitative estimate of drug-likeness (QED) is 0.520. The van der Waals surface area contributed by atoms with Gasteiger partial charge in [0.1, 0.15) is 5.60 Å². The van der Waals surface area contributed by atoms with Crippen molar-refractivity contribution in [3.8, 4) is 0 Å². The number of hydrogen-bond donors (Lipinski definition) is 0. The molecule has 0 unspecified atom stereocenters. The molecule has 1 amide bonds. The number of benzene rings is 2. The Kier molecular flexibility index (Phi) is 6.58. The zero-order valence-corrected chi connectivity index (χ0v) is 16.5. The predicted molar refractivity (Wildman–Crippen MR) is 100 cm³/mol. The number of hydrogen-bond acceptors (Lipinski definition) is 4. The van der Waals surface area contributed by atoms with Crippen LogP contribution in [0.15, 0.2) is 54.6 Å². The first-order valence-electron chi connectivity index (χ1n) is 8.54. The van der Waals surface area contributed by atoms with E-state index in [-0.39, 0.29) is 18.9 Å². The van der Waals surface area contributed by atoms with Crippen LogP contribution in [0.2, 0.25) is 0 Å². The van der Waals surface area contributed by atoms with Gasteiger partial charge in [0.15, 0.2) is 0 Å². The Morgan fingerprint density at radius 3 is 2.41 bits per heavy atom. The third-order valence-electron chi connectivity index (χ3n) is 3.85. The van der Waals surface area contributed by atoms with Crippen molar-refractivity contribution in [1.82, 2.24) is 19.9 Å².